The van der Waals surface area contributed by atoms with Crippen LogP contribution in [0.25, 0.3) is 0 Å². The third-order valence-electron chi connectivity index (χ3n) is 3.25. The van der Waals surface area contributed by atoms with Crippen molar-refractivity contribution in [1.82, 2.24) is 4.98 Å². The van der Waals surface area contributed by atoms with E-state index in [2.05, 4.69) is 11.1 Å². The van der Waals surface area contributed by atoms with Gasteiger partial charge in [0, 0.05) is 18.0 Å². The van der Waals surface area contributed by atoms with E-state index in [4.69, 9.17) is 0 Å². The summed E-state index contributed by atoms with van der Waals surface area (Å²) in [5.74, 6) is 0. The Kier molecular flexibility index (Phi) is 2.22. The van der Waals surface area contributed by atoms with Crippen LogP contribution in [0.2, 0.25) is 0 Å². The van der Waals surface area contributed by atoms with Crippen LogP contribution in [0.3, 0.4) is 0 Å². The van der Waals surface area contributed by atoms with Crippen molar-refractivity contribution in [3.63, 3.8) is 0 Å². The molecule has 0 aliphatic heterocycles. The Morgan fingerprint density at radius 2 is 1.75 bits per heavy atom. The molecular formula is C14H13NO. The van der Waals surface area contributed by atoms with Crippen molar-refractivity contribution < 1.29 is 5.11 Å². The largest absolute Gasteiger partial charge is 0.384 e. The summed E-state index contributed by atoms with van der Waals surface area (Å²) in [5.41, 5.74) is 4.42. The van der Waals surface area contributed by atoms with Crippen LogP contribution in [0.5, 0.6) is 0 Å². The third kappa shape index (κ3) is 1.42. The lowest BCUT2D eigenvalue weighted by Crippen LogP contribution is -2.02. The summed E-state index contributed by atoms with van der Waals surface area (Å²) in [6.45, 7) is 0. The van der Waals surface area contributed by atoms with Crippen LogP contribution in [-0.2, 0) is 12.8 Å². The fourth-order valence-corrected chi connectivity index (χ4v) is 2.37. The fourth-order valence-electron chi connectivity index (χ4n) is 2.37. The van der Waals surface area contributed by atoms with Gasteiger partial charge < -0.3 is 5.11 Å². The second-order valence-electron chi connectivity index (χ2n) is 4.18. The van der Waals surface area contributed by atoms with Crippen LogP contribution in [-0.4, -0.2) is 10.1 Å². The number of aliphatic hydroxyl groups is 1. The Labute approximate surface area is 94.6 Å². The molecule has 2 aromatic rings. The maximum Gasteiger partial charge on any atom is 0.106 e. The van der Waals surface area contributed by atoms with Crippen LogP contribution < -0.4 is 0 Å². The van der Waals surface area contributed by atoms with Crippen LogP contribution in [0, 0.1) is 0 Å². The van der Waals surface area contributed by atoms with Crippen molar-refractivity contribution >= 4 is 0 Å². The second kappa shape index (κ2) is 3.72. The molecule has 1 aromatic carbocycles. The van der Waals surface area contributed by atoms with E-state index in [1.165, 1.54) is 11.1 Å². The number of aliphatic hydroxyl groups excluding tert-OH is 1. The first-order valence-corrected chi connectivity index (χ1v) is 5.55. The van der Waals surface area contributed by atoms with Gasteiger partial charge in [-0.2, -0.15) is 0 Å². The molecule has 1 N–H and O–H groups in total. The van der Waals surface area contributed by atoms with E-state index in [-0.39, 0.29) is 0 Å². The molecule has 0 unspecified atom stereocenters. The molecule has 1 atom stereocenters. The average molecular weight is 211 g/mol. The van der Waals surface area contributed by atoms with Crippen molar-refractivity contribution in [2.75, 3.05) is 0 Å². The number of aromatic nitrogens is 1. The molecule has 0 fully saturated rings. The predicted molar refractivity (Wildman–Crippen MR) is 62.1 cm³/mol. The standard InChI is InChI=1S/C14H13NO/c16-14-12-4-2-1-3-10(12)5-6-11-7-8-15-9-13(11)14/h1-4,7-9,14,16H,5-6H2/t14-/m1/s1. The van der Waals surface area contributed by atoms with Crippen molar-refractivity contribution in [2.45, 2.75) is 18.9 Å². The number of rotatable bonds is 0. The van der Waals surface area contributed by atoms with Crippen molar-refractivity contribution in [3.05, 3.63) is 65.0 Å². The highest BCUT2D eigenvalue weighted by Gasteiger charge is 2.20. The topological polar surface area (TPSA) is 33.1 Å². The molecule has 0 saturated heterocycles. The summed E-state index contributed by atoms with van der Waals surface area (Å²) in [6.07, 6.45) is 5.02. The Hall–Kier alpha value is -1.67. The van der Waals surface area contributed by atoms with Crippen molar-refractivity contribution in [3.8, 4) is 0 Å². The lowest BCUT2D eigenvalue weighted by Gasteiger charge is -2.13. The quantitative estimate of drug-likeness (QED) is 0.725. The zero-order valence-corrected chi connectivity index (χ0v) is 8.93. The first-order valence-electron chi connectivity index (χ1n) is 5.55. The maximum absolute atomic E-state index is 10.4. The Bertz CT molecular complexity index is 474. The molecule has 0 amide bonds. The van der Waals surface area contributed by atoms with Gasteiger partial charge in [-0.15, -0.1) is 0 Å². The first-order chi connectivity index (χ1) is 7.86. The highest BCUT2D eigenvalue weighted by molar-refractivity contribution is 5.41. The van der Waals surface area contributed by atoms with Gasteiger partial charge in [0.05, 0.1) is 0 Å². The van der Waals surface area contributed by atoms with Gasteiger partial charge in [-0.25, -0.2) is 0 Å². The lowest BCUT2D eigenvalue weighted by atomic mass is 9.99. The minimum atomic E-state index is -0.526. The third-order valence-corrected chi connectivity index (χ3v) is 3.25. The highest BCUT2D eigenvalue weighted by Crippen LogP contribution is 2.31. The molecular weight excluding hydrogens is 198 g/mol. The van der Waals surface area contributed by atoms with E-state index in [0.29, 0.717) is 0 Å². The van der Waals surface area contributed by atoms with Gasteiger partial charge >= 0.3 is 0 Å². The van der Waals surface area contributed by atoms with E-state index in [9.17, 15) is 5.11 Å². The summed E-state index contributed by atoms with van der Waals surface area (Å²) in [6, 6.07) is 10.1. The number of benzene rings is 1. The fraction of sp³-hybridized carbons (Fsp3) is 0.214. The minimum absolute atomic E-state index is 0.526. The molecule has 1 aromatic heterocycles. The Morgan fingerprint density at radius 3 is 2.62 bits per heavy atom. The monoisotopic (exact) mass is 211 g/mol. The number of hydrogen-bond donors (Lipinski definition) is 1. The zero-order valence-electron chi connectivity index (χ0n) is 8.93. The number of hydrogen-bond acceptors (Lipinski definition) is 2. The smallest absolute Gasteiger partial charge is 0.106 e. The van der Waals surface area contributed by atoms with Gasteiger partial charge in [-0.1, -0.05) is 24.3 Å². The Balaban J connectivity index is 2.18. The number of aryl methyl sites for hydroxylation is 2. The van der Waals surface area contributed by atoms with Crippen LogP contribution in [0.4, 0.5) is 0 Å². The summed E-state index contributed by atoms with van der Waals surface area (Å²) < 4.78 is 0. The summed E-state index contributed by atoms with van der Waals surface area (Å²) in [7, 11) is 0. The van der Waals surface area contributed by atoms with E-state index in [0.717, 1.165) is 24.0 Å². The second-order valence-corrected chi connectivity index (χ2v) is 4.18. The molecule has 2 nitrogen and oxygen atoms in total. The van der Waals surface area contributed by atoms with Gasteiger partial charge in [0.15, 0.2) is 0 Å². The molecule has 0 bridgehead atoms. The van der Waals surface area contributed by atoms with Gasteiger partial charge in [-0.05, 0) is 35.6 Å². The van der Waals surface area contributed by atoms with Crippen LogP contribution in [0.15, 0.2) is 42.7 Å². The SMILES string of the molecule is O[C@@H]1c2ccccc2CCc2ccncc21. The summed E-state index contributed by atoms with van der Waals surface area (Å²) >= 11 is 0. The number of nitrogens with zero attached hydrogens (tertiary/aromatic N) is 1. The molecule has 1 heterocycles. The van der Waals surface area contributed by atoms with Gasteiger partial charge in [0.1, 0.15) is 6.10 Å². The van der Waals surface area contributed by atoms with E-state index in [1.807, 2.05) is 24.3 Å². The number of fused-ring (bicyclic) bond motifs is 2. The molecule has 1 aliphatic rings. The summed E-state index contributed by atoms with van der Waals surface area (Å²) in [4.78, 5) is 4.10. The van der Waals surface area contributed by atoms with E-state index in [1.54, 1.807) is 12.4 Å². The van der Waals surface area contributed by atoms with Crippen molar-refractivity contribution in [2.24, 2.45) is 0 Å². The molecule has 0 spiro atoms. The highest BCUT2D eigenvalue weighted by atomic mass is 16.3. The Morgan fingerprint density at radius 1 is 1.00 bits per heavy atom. The molecule has 0 radical (unpaired) electrons. The molecule has 2 heteroatoms. The summed E-state index contributed by atoms with van der Waals surface area (Å²) in [5, 5.41) is 10.4. The maximum atomic E-state index is 10.4. The van der Waals surface area contributed by atoms with Crippen LogP contribution in [0.1, 0.15) is 28.4 Å². The van der Waals surface area contributed by atoms with Gasteiger partial charge in [0.2, 0.25) is 0 Å². The molecule has 16 heavy (non-hydrogen) atoms. The molecule has 0 saturated carbocycles. The molecule has 1 aliphatic carbocycles. The van der Waals surface area contributed by atoms with E-state index < -0.39 is 6.10 Å². The lowest BCUT2D eigenvalue weighted by molar-refractivity contribution is 0.219. The number of pyridine rings is 1. The van der Waals surface area contributed by atoms with E-state index >= 15 is 0 Å². The minimum Gasteiger partial charge on any atom is -0.384 e. The normalized spacial score (nSPS) is 18.4. The van der Waals surface area contributed by atoms with Gasteiger partial charge in [-0.3, -0.25) is 4.98 Å². The first kappa shape index (κ1) is 9.55. The van der Waals surface area contributed by atoms with Crippen LogP contribution >= 0.6 is 0 Å². The molecule has 3 rings (SSSR count). The average Bonchev–Trinajstić information content (AvgIpc) is 2.49. The van der Waals surface area contributed by atoms with Gasteiger partial charge in [0.25, 0.3) is 0 Å². The molecule has 80 valence electrons. The zero-order chi connectivity index (χ0) is 11.0. The predicted octanol–water partition coefficient (Wildman–Crippen LogP) is 2.26. The van der Waals surface area contributed by atoms with Crippen molar-refractivity contribution in [1.29, 1.82) is 0 Å².